The number of nitrogens with zero attached hydrogens (tertiary/aromatic N) is 3. The molecule has 1 aliphatic heterocycles. The first kappa shape index (κ1) is 18.7. The number of ether oxygens (including phenoxy) is 1. The summed E-state index contributed by atoms with van der Waals surface area (Å²) < 4.78 is 11.1. The monoisotopic (exact) mass is 392 g/mol. The second-order valence-corrected chi connectivity index (χ2v) is 6.84. The minimum Gasteiger partial charge on any atom is -0.484 e. The molecule has 2 atom stereocenters. The number of amides is 2. The van der Waals surface area contributed by atoms with Crippen molar-refractivity contribution >= 4 is 17.6 Å². The van der Waals surface area contributed by atoms with E-state index in [1.807, 2.05) is 30.3 Å². The maximum atomic E-state index is 12.9. The van der Waals surface area contributed by atoms with E-state index in [2.05, 4.69) is 15.5 Å². The molecule has 1 N–H and O–H groups in total. The molecule has 0 bridgehead atoms. The van der Waals surface area contributed by atoms with E-state index in [-0.39, 0.29) is 11.6 Å². The molecule has 0 fully saturated rings. The fourth-order valence-corrected chi connectivity index (χ4v) is 3.20. The van der Waals surface area contributed by atoms with Gasteiger partial charge in [-0.15, -0.1) is 0 Å². The van der Waals surface area contributed by atoms with Crippen LogP contribution in [0.4, 0.5) is 5.82 Å². The normalized spacial score (nSPS) is 18.6. The lowest BCUT2D eigenvalue weighted by atomic mass is 10.1. The molecule has 1 aromatic carbocycles. The largest absolute Gasteiger partial charge is 0.484 e. The summed E-state index contributed by atoms with van der Waals surface area (Å²) in [6.07, 6.45) is 1.52. The summed E-state index contributed by atoms with van der Waals surface area (Å²) in [4.78, 5) is 31.1. The van der Waals surface area contributed by atoms with Crippen molar-refractivity contribution in [3.05, 3.63) is 71.7 Å². The summed E-state index contributed by atoms with van der Waals surface area (Å²) in [6.45, 7) is 1.72. The second-order valence-electron chi connectivity index (χ2n) is 6.84. The van der Waals surface area contributed by atoms with Crippen LogP contribution in [0.3, 0.4) is 0 Å². The molecular weight excluding hydrogens is 372 g/mol. The minimum atomic E-state index is -0.893. The fraction of sp³-hybridized carbons (Fsp3) is 0.238. The van der Waals surface area contributed by atoms with Crippen LogP contribution in [-0.2, 0) is 11.2 Å². The summed E-state index contributed by atoms with van der Waals surface area (Å²) in [7, 11) is 1.60. The summed E-state index contributed by atoms with van der Waals surface area (Å²) in [5.41, 5.74) is 1.15. The predicted molar refractivity (Wildman–Crippen MR) is 105 cm³/mol. The minimum absolute atomic E-state index is 0.110. The van der Waals surface area contributed by atoms with Gasteiger partial charge < -0.3 is 14.6 Å². The van der Waals surface area contributed by atoms with Gasteiger partial charge in [0.1, 0.15) is 17.9 Å². The van der Waals surface area contributed by atoms with Gasteiger partial charge in [0, 0.05) is 25.7 Å². The van der Waals surface area contributed by atoms with E-state index in [1.165, 1.54) is 4.90 Å². The van der Waals surface area contributed by atoms with Crippen LogP contribution < -0.4 is 15.0 Å². The number of hydrogen-bond donors (Lipinski definition) is 1. The molecule has 29 heavy (non-hydrogen) atoms. The number of rotatable bonds is 4. The van der Waals surface area contributed by atoms with Crippen LogP contribution in [0.5, 0.6) is 5.75 Å². The molecule has 3 aromatic rings. The molecule has 3 heterocycles. The molecule has 4 rings (SSSR count). The Morgan fingerprint density at radius 1 is 1.21 bits per heavy atom. The smallest absolute Gasteiger partial charge is 0.274 e. The highest BCUT2D eigenvalue weighted by Gasteiger charge is 2.36. The van der Waals surface area contributed by atoms with Gasteiger partial charge in [-0.25, -0.2) is 4.98 Å². The van der Waals surface area contributed by atoms with Crippen molar-refractivity contribution in [1.29, 1.82) is 0 Å². The number of carbonyl (C=O) groups is 2. The molecule has 2 amide bonds. The molecule has 8 heteroatoms. The molecule has 0 radical (unpaired) electrons. The number of pyridine rings is 1. The topological polar surface area (TPSA) is 97.6 Å². The molecule has 148 valence electrons. The zero-order valence-electron chi connectivity index (χ0n) is 16.0. The molecular formula is C21H20N4O4. The van der Waals surface area contributed by atoms with E-state index in [0.717, 1.165) is 5.56 Å². The van der Waals surface area contributed by atoms with Crippen molar-refractivity contribution in [2.45, 2.75) is 25.5 Å². The van der Waals surface area contributed by atoms with Gasteiger partial charge in [-0.3, -0.25) is 14.5 Å². The Balaban J connectivity index is 1.49. The van der Waals surface area contributed by atoms with Crippen molar-refractivity contribution in [3.8, 4) is 5.75 Å². The van der Waals surface area contributed by atoms with Gasteiger partial charge in [-0.05, 0) is 24.6 Å². The zero-order valence-corrected chi connectivity index (χ0v) is 16.0. The van der Waals surface area contributed by atoms with E-state index < -0.39 is 18.1 Å². The summed E-state index contributed by atoms with van der Waals surface area (Å²) in [5.74, 6) is 0.629. The highest BCUT2D eigenvalue weighted by Crippen LogP contribution is 2.29. The van der Waals surface area contributed by atoms with Crippen LogP contribution in [0.25, 0.3) is 0 Å². The average Bonchev–Trinajstić information content (AvgIpc) is 3.17. The molecule has 0 unspecified atom stereocenters. The Hall–Kier alpha value is -3.68. The van der Waals surface area contributed by atoms with E-state index in [1.54, 1.807) is 38.4 Å². The molecule has 0 aliphatic carbocycles. The number of hydrogen-bond acceptors (Lipinski definition) is 6. The summed E-state index contributed by atoms with van der Waals surface area (Å²) in [6, 6.07) is 13.9. The van der Waals surface area contributed by atoms with Crippen molar-refractivity contribution in [3.63, 3.8) is 0 Å². The van der Waals surface area contributed by atoms with Crippen molar-refractivity contribution < 1.29 is 18.8 Å². The lowest BCUT2D eigenvalue weighted by molar-refractivity contribution is -0.121. The highest BCUT2D eigenvalue weighted by molar-refractivity contribution is 6.02. The van der Waals surface area contributed by atoms with Crippen LogP contribution in [0, 0.1) is 0 Å². The lowest BCUT2D eigenvalue weighted by Gasteiger charge is -2.22. The molecule has 1 aliphatic rings. The number of fused-ring (bicyclic) bond motifs is 1. The standard InChI is InChI=1S/C21H20N4O4/c1-13-18(21(27)25(2)19-17(28-13)9-6-10-22-19)23-20(26)16-12-15(29-24-16)11-14-7-4-3-5-8-14/h3-10,12-13,18H,11H2,1-2H3,(H,23,26)/t13-,18+/m1/s1. The van der Waals surface area contributed by atoms with Crippen LogP contribution >= 0.6 is 0 Å². The third-order valence-electron chi connectivity index (χ3n) is 4.75. The van der Waals surface area contributed by atoms with Crippen LogP contribution in [0.1, 0.15) is 28.7 Å². The first-order valence-electron chi connectivity index (χ1n) is 9.22. The second kappa shape index (κ2) is 7.75. The predicted octanol–water partition coefficient (Wildman–Crippen LogP) is 2.20. The lowest BCUT2D eigenvalue weighted by Crippen LogP contribution is -2.53. The Morgan fingerprint density at radius 3 is 2.79 bits per heavy atom. The molecule has 0 spiro atoms. The van der Waals surface area contributed by atoms with Gasteiger partial charge >= 0.3 is 0 Å². The number of benzene rings is 1. The van der Waals surface area contributed by atoms with E-state index in [0.29, 0.717) is 23.7 Å². The Labute approximate surface area is 167 Å². The van der Waals surface area contributed by atoms with Gasteiger partial charge in [-0.2, -0.15) is 0 Å². The molecule has 0 saturated heterocycles. The van der Waals surface area contributed by atoms with Gasteiger partial charge in [0.2, 0.25) is 0 Å². The first-order valence-corrected chi connectivity index (χ1v) is 9.22. The quantitative estimate of drug-likeness (QED) is 0.731. The van der Waals surface area contributed by atoms with Crippen molar-refractivity contribution in [2.24, 2.45) is 0 Å². The van der Waals surface area contributed by atoms with Crippen LogP contribution in [-0.4, -0.2) is 41.1 Å². The molecule has 2 aromatic heterocycles. The van der Waals surface area contributed by atoms with Gasteiger partial charge in [0.05, 0.1) is 0 Å². The maximum Gasteiger partial charge on any atom is 0.274 e. The number of aromatic nitrogens is 2. The van der Waals surface area contributed by atoms with Crippen LogP contribution in [0.2, 0.25) is 0 Å². The van der Waals surface area contributed by atoms with Crippen molar-refractivity contribution in [2.75, 3.05) is 11.9 Å². The number of carbonyl (C=O) groups excluding carboxylic acids is 2. The third-order valence-corrected chi connectivity index (χ3v) is 4.75. The van der Waals surface area contributed by atoms with E-state index in [9.17, 15) is 9.59 Å². The van der Waals surface area contributed by atoms with Gasteiger partial charge in [0.15, 0.2) is 17.3 Å². The van der Waals surface area contributed by atoms with Crippen molar-refractivity contribution in [1.82, 2.24) is 15.5 Å². The summed E-state index contributed by atoms with van der Waals surface area (Å²) in [5, 5.41) is 6.56. The molecule has 0 saturated carbocycles. The van der Waals surface area contributed by atoms with Gasteiger partial charge in [-0.1, -0.05) is 35.5 Å². The van der Waals surface area contributed by atoms with Crippen LogP contribution in [0.15, 0.2) is 59.3 Å². The SMILES string of the molecule is C[C@H]1Oc2cccnc2N(C)C(=O)[C@H]1NC(=O)c1cc(Cc2ccccc2)on1. The number of nitrogens with one attached hydrogen (secondary N) is 1. The number of anilines is 1. The third kappa shape index (κ3) is 3.82. The first-order chi connectivity index (χ1) is 14.0. The average molecular weight is 392 g/mol. The maximum absolute atomic E-state index is 12.9. The summed E-state index contributed by atoms with van der Waals surface area (Å²) >= 11 is 0. The Bertz CT molecular complexity index is 1030. The zero-order chi connectivity index (χ0) is 20.4. The Kier molecular flexibility index (Phi) is 4.99. The highest BCUT2D eigenvalue weighted by atomic mass is 16.5. The number of likely N-dealkylation sites (N-methyl/N-ethyl adjacent to an activating group) is 1. The Morgan fingerprint density at radius 2 is 2.00 bits per heavy atom. The fourth-order valence-electron chi connectivity index (χ4n) is 3.20. The van der Waals surface area contributed by atoms with E-state index in [4.69, 9.17) is 9.26 Å². The van der Waals surface area contributed by atoms with E-state index >= 15 is 0 Å². The molecule has 8 nitrogen and oxygen atoms in total. The van der Waals surface area contributed by atoms with Gasteiger partial charge in [0.25, 0.3) is 11.8 Å².